The maximum atomic E-state index is 11.3. The van der Waals surface area contributed by atoms with Gasteiger partial charge in [0.15, 0.2) is 5.69 Å². The number of carbonyl (C=O) groups excluding carboxylic acids is 1. The minimum atomic E-state index is -1.19. The van der Waals surface area contributed by atoms with E-state index in [9.17, 15) is 9.59 Å². The summed E-state index contributed by atoms with van der Waals surface area (Å²) in [5.41, 5.74) is -0.210. The first-order valence-corrected chi connectivity index (χ1v) is 4.42. The molecule has 0 saturated heterocycles. The molecule has 0 aliphatic heterocycles. The van der Waals surface area contributed by atoms with Crippen molar-refractivity contribution >= 4 is 11.9 Å². The Kier molecular flexibility index (Phi) is 3.61. The maximum Gasteiger partial charge on any atom is 0.358 e. The standard InChI is InChI=1S/C9H10N4O3/c1-3-6(2)10-8(14)5-13-4-7(9(15)16)11-12-13/h1,4,6H,5H2,2H3,(H,10,14)(H,15,16). The van der Waals surface area contributed by atoms with Gasteiger partial charge in [-0.3, -0.25) is 4.79 Å². The first-order valence-electron chi connectivity index (χ1n) is 4.42. The molecule has 1 heterocycles. The molecule has 1 aromatic heterocycles. The van der Waals surface area contributed by atoms with Gasteiger partial charge >= 0.3 is 5.97 Å². The van der Waals surface area contributed by atoms with E-state index in [1.165, 1.54) is 6.20 Å². The Balaban J connectivity index is 2.57. The van der Waals surface area contributed by atoms with E-state index >= 15 is 0 Å². The number of nitrogens with one attached hydrogen (secondary N) is 1. The third-order valence-electron chi connectivity index (χ3n) is 1.69. The van der Waals surface area contributed by atoms with Crippen molar-refractivity contribution in [1.82, 2.24) is 20.3 Å². The van der Waals surface area contributed by atoms with Crippen LogP contribution in [0.1, 0.15) is 17.4 Å². The molecule has 0 aromatic carbocycles. The Morgan fingerprint density at radius 1 is 1.75 bits per heavy atom. The number of hydrogen-bond donors (Lipinski definition) is 2. The molecule has 1 atom stereocenters. The van der Waals surface area contributed by atoms with Crippen LogP contribution < -0.4 is 5.32 Å². The summed E-state index contributed by atoms with van der Waals surface area (Å²) in [4.78, 5) is 21.8. The second-order valence-electron chi connectivity index (χ2n) is 3.06. The predicted molar refractivity (Wildman–Crippen MR) is 53.4 cm³/mol. The number of carbonyl (C=O) groups is 2. The van der Waals surface area contributed by atoms with Gasteiger partial charge in [0, 0.05) is 0 Å². The molecule has 7 heteroatoms. The Morgan fingerprint density at radius 2 is 2.44 bits per heavy atom. The molecule has 0 fully saturated rings. The third-order valence-corrected chi connectivity index (χ3v) is 1.69. The second-order valence-corrected chi connectivity index (χ2v) is 3.06. The van der Waals surface area contributed by atoms with Gasteiger partial charge in [0.2, 0.25) is 5.91 Å². The zero-order valence-corrected chi connectivity index (χ0v) is 8.54. The smallest absolute Gasteiger partial charge is 0.358 e. The lowest BCUT2D eigenvalue weighted by molar-refractivity contribution is -0.122. The lowest BCUT2D eigenvalue weighted by atomic mass is 10.3. The molecule has 0 saturated carbocycles. The number of carboxylic acids is 1. The highest BCUT2D eigenvalue weighted by molar-refractivity contribution is 5.84. The van der Waals surface area contributed by atoms with Crippen LogP contribution in [0.2, 0.25) is 0 Å². The van der Waals surface area contributed by atoms with Crippen molar-refractivity contribution < 1.29 is 14.7 Å². The molecule has 1 unspecified atom stereocenters. The molecule has 1 rings (SSSR count). The molecule has 0 radical (unpaired) electrons. The van der Waals surface area contributed by atoms with Gasteiger partial charge in [-0.25, -0.2) is 9.48 Å². The first-order chi connectivity index (χ1) is 7.52. The van der Waals surface area contributed by atoms with Crippen molar-refractivity contribution in [2.45, 2.75) is 19.5 Å². The van der Waals surface area contributed by atoms with E-state index in [1.54, 1.807) is 6.92 Å². The van der Waals surface area contributed by atoms with Gasteiger partial charge in [-0.05, 0) is 6.92 Å². The second kappa shape index (κ2) is 4.93. The van der Waals surface area contributed by atoms with Crippen LogP contribution in [0.5, 0.6) is 0 Å². The molecule has 1 amide bonds. The quantitative estimate of drug-likeness (QED) is 0.644. The van der Waals surface area contributed by atoms with Crippen molar-refractivity contribution in [1.29, 1.82) is 0 Å². The van der Waals surface area contributed by atoms with Crippen LogP contribution in [0.4, 0.5) is 0 Å². The van der Waals surface area contributed by atoms with E-state index in [4.69, 9.17) is 11.5 Å². The van der Waals surface area contributed by atoms with Gasteiger partial charge in [0.25, 0.3) is 0 Å². The fourth-order valence-electron chi connectivity index (χ4n) is 0.950. The SMILES string of the molecule is C#CC(C)NC(=O)Cn1cc(C(=O)O)nn1. The topological polar surface area (TPSA) is 97.1 Å². The Labute approximate surface area is 91.4 Å². The van der Waals surface area contributed by atoms with Crippen LogP contribution >= 0.6 is 0 Å². The molecule has 16 heavy (non-hydrogen) atoms. The van der Waals surface area contributed by atoms with Crippen molar-refractivity contribution in [3.05, 3.63) is 11.9 Å². The van der Waals surface area contributed by atoms with Crippen LogP contribution in [0, 0.1) is 12.3 Å². The van der Waals surface area contributed by atoms with E-state index in [2.05, 4.69) is 21.5 Å². The minimum absolute atomic E-state index is 0.119. The highest BCUT2D eigenvalue weighted by atomic mass is 16.4. The molecule has 7 nitrogen and oxygen atoms in total. The highest BCUT2D eigenvalue weighted by Crippen LogP contribution is 1.92. The van der Waals surface area contributed by atoms with Gasteiger partial charge in [-0.2, -0.15) is 0 Å². The summed E-state index contributed by atoms with van der Waals surface area (Å²) in [5, 5.41) is 17.9. The van der Waals surface area contributed by atoms with Crippen LogP contribution in [-0.4, -0.2) is 38.0 Å². The first kappa shape index (κ1) is 11.7. The number of rotatable bonds is 4. The van der Waals surface area contributed by atoms with E-state index < -0.39 is 5.97 Å². The van der Waals surface area contributed by atoms with Crippen LogP contribution in [0.25, 0.3) is 0 Å². The fourth-order valence-corrected chi connectivity index (χ4v) is 0.950. The van der Waals surface area contributed by atoms with Crippen molar-refractivity contribution in [3.8, 4) is 12.3 Å². The molecule has 0 aliphatic rings. The van der Waals surface area contributed by atoms with Crippen molar-refractivity contribution in [2.24, 2.45) is 0 Å². The summed E-state index contributed by atoms with van der Waals surface area (Å²) < 4.78 is 1.13. The molecular weight excluding hydrogens is 212 g/mol. The summed E-state index contributed by atoms with van der Waals surface area (Å²) in [7, 11) is 0. The van der Waals surface area contributed by atoms with Gasteiger partial charge < -0.3 is 10.4 Å². The summed E-state index contributed by atoms with van der Waals surface area (Å²) in [6.07, 6.45) is 6.25. The minimum Gasteiger partial charge on any atom is -0.476 e. The molecule has 84 valence electrons. The van der Waals surface area contributed by atoms with E-state index in [0.717, 1.165) is 4.68 Å². The number of aromatic carboxylic acids is 1. The molecule has 0 aliphatic carbocycles. The number of nitrogens with zero attached hydrogens (tertiary/aromatic N) is 3. The monoisotopic (exact) mass is 222 g/mol. The van der Waals surface area contributed by atoms with Gasteiger partial charge in [0.05, 0.1) is 12.2 Å². The molecule has 2 N–H and O–H groups in total. The van der Waals surface area contributed by atoms with Crippen LogP contribution in [0.3, 0.4) is 0 Å². The average molecular weight is 222 g/mol. The summed E-state index contributed by atoms with van der Waals surface area (Å²) >= 11 is 0. The molecule has 1 aromatic rings. The number of aromatic nitrogens is 3. The highest BCUT2D eigenvalue weighted by Gasteiger charge is 2.11. The normalized spacial score (nSPS) is 11.5. The fraction of sp³-hybridized carbons (Fsp3) is 0.333. The number of carboxylic acid groups (broad SMARTS) is 1. The summed E-state index contributed by atoms with van der Waals surface area (Å²) in [6.45, 7) is 1.54. The zero-order valence-electron chi connectivity index (χ0n) is 8.54. The zero-order chi connectivity index (χ0) is 12.1. The predicted octanol–water partition coefficient (Wildman–Crippen LogP) is -0.886. The van der Waals surface area contributed by atoms with Gasteiger partial charge in [-0.1, -0.05) is 11.1 Å². The molecule has 0 spiro atoms. The molecular formula is C9H10N4O3. The average Bonchev–Trinajstić information content (AvgIpc) is 2.65. The lowest BCUT2D eigenvalue weighted by Gasteiger charge is -2.06. The number of terminal acetylenes is 1. The summed E-state index contributed by atoms with van der Waals surface area (Å²) in [5.74, 6) is 0.788. The van der Waals surface area contributed by atoms with Crippen LogP contribution in [-0.2, 0) is 11.3 Å². The third kappa shape index (κ3) is 3.09. The Morgan fingerprint density at radius 3 is 2.94 bits per heavy atom. The van der Waals surface area contributed by atoms with E-state index in [-0.39, 0.29) is 24.2 Å². The Bertz CT molecular complexity index is 446. The van der Waals surface area contributed by atoms with Crippen molar-refractivity contribution in [3.63, 3.8) is 0 Å². The number of hydrogen-bond acceptors (Lipinski definition) is 4. The van der Waals surface area contributed by atoms with Gasteiger partial charge in [-0.15, -0.1) is 11.5 Å². The number of amides is 1. The lowest BCUT2D eigenvalue weighted by Crippen LogP contribution is -2.34. The summed E-state index contributed by atoms with van der Waals surface area (Å²) in [6, 6.07) is -0.380. The molecule has 0 bridgehead atoms. The Hall–Kier alpha value is -2.36. The van der Waals surface area contributed by atoms with E-state index in [0.29, 0.717) is 0 Å². The van der Waals surface area contributed by atoms with Gasteiger partial charge in [0.1, 0.15) is 6.54 Å². The van der Waals surface area contributed by atoms with E-state index in [1.807, 2.05) is 0 Å². The van der Waals surface area contributed by atoms with Crippen LogP contribution in [0.15, 0.2) is 6.20 Å². The maximum absolute atomic E-state index is 11.3. The van der Waals surface area contributed by atoms with Crippen molar-refractivity contribution in [2.75, 3.05) is 0 Å². The largest absolute Gasteiger partial charge is 0.476 e.